The number of aliphatic carboxylic acids is 2. The van der Waals surface area contributed by atoms with Gasteiger partial charge in [0.15, 0.2) is 0 Å². The lowest BCUT2D eigenvalue weighted by Crippen LogP contribution is -2.24. The first-order chi connectivity index (χ1) is 15.3. The second-order valence-corrected chi connectivity index (χ2v) is 9.82. The van der Waals surface area contributed by atoms with Crippen molar-refractivity contribution in [2.24, 2.45) is 11.8 Å². The van der Waals surface area contributed by atoms with E-state index in [0.29, 0.717) is 18.1 Å². The number of carbonyl (C=O) groups excluding carboxylic acids is 1. The van der Waals surface area contributed by atoms with Crippen LogP contribution < -0.4 is 5.11 Å². The van der Waals surface area contributed by atoms with E-state index in [1.807, 2.05) is 12.1 Å². The van der Waals surface area contributed by atoms with Gasteiger partial charge in [-0.2, -0.15) is 0 Å². The van der Waals surface area contributed by atoms with Gasteiger partial charge in [-0.15, -0.1) is 0 Å². The molecule has 5 nitrogen and oxygen atoms in total. The van der Waals surface area contributed by atoms with E-state index in [-0.39, 0.29) is 5.92 Å². The van der Waals surface area contributed by atoms with Gasteiger partial charge >= 0.3 is 5.97 Å². The summed E-state index contributed by atoms with van der Waals surface area (Å²) in [6.45, 7) is 2.34. The van der Waals surface area contributed by atoms with Gasteiger partial charge in [-0.25, -0.2) is 4.79 Å². The molecule has 1 unspecified atom stereocenters. The molecule has 2 aromatic rings. The molecule has 32 heavy (non-hydrogen) atoms. The number of hydrogen-bond donors (Lipinski definition) is 2. The van der Waals surface area contributed by atoms with Crippen LogP contribution in [0.2, 0.25) is 5.02 Å². The zero-order chi connectivity index (χ0) is 23.3. The van der Waals surface area contributed by atoms with E-state index in [1.54, 1.807) is 11.8 Å². The summed E-state index contributed by atoms with van der Waals surface area (Å²) in [5, 5.41) is 29.3. The Hall–Kier alpha value is -2.28. The molecule has 4 rings (SSSR count). The molecule has 2 N–H and O–H groups in total. The van der Waals surface area contributed by atoms with Crippen molar-refractivity contribution in [3.8, 4) is 0 Å². The monoisotopic (exact) mass is 473 g/mol. The van der Waals surface area contributed by atoms with Crippen molar-refractivity contribution in [2.45, 2.75) is 54.4 Å². The van der Waals surface area contributed by atoms with Crippen LogP contribution in [0.3, 0.4) is 0 Å². The number of carboxylic acids is 2. The quantitative estimate of drug-likeness (QED) is 0.620. The highest BCUT2D eigenvalue weighted by Gasteiger charge is 2.37. The summed E-state index contributed by atoms with van der Waals surface area (Å²) >= 11 is 8.09. The minimum atomic E-state index is -1.51. The fraction of sp³-hybridized carbons (Fsp3) is 0.360. The van der Waals surface area contributed by atoms with Crippen molar-refractivity contribution < 1.29 is 24.9 Å². The van der Waals surface area contributed by atoms with Gasteiger partial charge < -0.3 is 20.1 Å². The Kier molecular flexibility index (Phi) is 8.40. The summed E-state index contributed by atoms with van der Waals surface area (Å²) in [4.78, 5) is 21.4. The number of benzene rings is 2. The van der Waals surface area contributed by atoms with Crippen LogP contribution in [0.1, 0.15) is 55.8 Å². The van der Waals surface area contributed by atoms with Gasteiger partial charge in [-0.05, 0) is 66.1 Å². The highest BCUT2D eigenvalue weighted by Crippen LogP contribution is 2.52. The van der Waals surface area contributed by atoms with E-state index in [9.17, 15) is 19.8 Å². The smallest absolute Gasteiger partial charge is 0.328 e. The third kappa shape index (κ3) is 6.15. The van der Waals surface area contributed by atoms with E-state index < -0.39 is 18.0 Å². The van der Waals surface area contributed by atoms with Crippen LogP contribution >= 0.6 is 23.4 Å². The Morgan fingerprint density at radius 1 is 1.03 bits per heavy atom. The molecule has 0 bridgehead atoms. The molecule has 2 aliphatic rings. The van der Waals surface area contributed by atoms with Gasteiger partial charge in [-0.3, -0.25) is 0 Å². The Labute approximate surface area is 197 Å². The Morgan fingerprint density at radius 3 is 2.31 bits per heavy atom. The molecule has 1 aliphatic carbocycles. The van der Waals surface area contributed by atoms with Crippen LogP contribution in [0.4, 0.5) is 0 Å². The number of aliphatic hydroxyl groups excluding tert-OH is 1. The summed E-state index contributed by atoms with van der Waals surface area (Å²) in [6, 6.07) is 14.5. The molecule has 0 aromatic heterocycles. The van der Waals surface area contributed by atoms with Crippen LogP contribution in [-0.2, 0) is 9.59 Å². The van der Waals surface area contributed by atoms with Gasteiger partial charge in [0.2, 0.25) is 0 Å². The number of carbonyl (C=O) groups is 2. The van der Waals surface area contributed by atoms with Crippen LogP contribution in [0.5, 0.6) is 0 Å². The number of hydrogen-bond acceptors (Lipinski definition) is 5. The minimum Gasteiger partial charge on any atom is -0.545 e. The molecule has 1 saturated carbocycles. The van der Waals surface area contributed by atoms with E-state index >= 15 is 0 Å². The van der Waals surface area contributed by atoms with Gasteiger partial charge in [-0.1, -0.05) is 61.3 Å². The maximum absolute atomic E-state index is 11.3. The van der Waals surface area contributed by atoms with Gasteiger partial charge in [0, 0.05) is 26.8 Å². The molecule has 170 valence electrons. The van der Waals surface area contributed by atoms with Gasteiger partial charge in [0.25, 0.3) is 0 Å². The predicted octanol–water partition coefficient (Wildman–Crippen LogP) is 4.83. The zero-order valence-electron chi connectivity index (χ0n) is 17.7. The fourth-order valence-electron chi connectivity index (χ4n) is 4.47. The standard InChI is InChI=1S/C21H23ClOS.C4H4O4/c1-13-6-8-14(9-7-13)20-17-12-15(22)10-11-19(17)24-18-5-3-2-4-16(18)21(20)23;5-3(6)1-2-4(7)8/h2-5,10-14,20-21,23H,6-9H2,1H3;1-2H,(H,5,6)(H,7,8)/p-1/b;2-1+/t13?,14?,20?,21-;/m1./s1. The molecule has 1 aliphatic heterocycles. The molecule has 0 spiro atoms. The number of carboxylic acid groups (broad SMARTS) is 2. The van der Waals surface area contributed by atoms with Crippen LogP contribution in [0, 0.1) is 11.8 Å². The molecular formula is C25H26ClO5S-. The van der Waals surface area contributed by atoms with Crippen molar-refractivity contribution >= 4 is 35.3 Å². The van der Waals surface area contributed by atoms with Crippen molar-refractivity contribution in [3.05, 3.63) is 70.8 Å². The SMILES string of the molecule is CC1CCC(C2c3cc(Cl)ccc3Sc3ccccc3[C@H]2O)CC1.O=C([O-])/C=C/C(=O)O. The summed E-state index contributed by atoms with van der Waals surface area (Å²) < 4.78 is 0. The third-order valence-corrected chi connectivity index (χ3v) is 7.48. The molecule has 1 fully saturated rings. The largest absolute Gasteiger partial charge is 0.545 e. The molecule has 2 atom stereocenters. The first-order valence-electron chi connectivity index (χ1n) is 10.6. The molecule has 0 radical (unpaired) electrons. The normalized spacial score (nSPS) is 24.5. The third-order valence-electron chi connectivity index (χ3n) is 6.06. The lowest BCUT2D eigenvalue weighted by molar-refractivity contribution is -0.297. The Bertz CT molecular complexity index is 982. The van der Waals surface area contributed by atoms with Crippen molar-refractivity contribution in [1.82, 2.24) is 0 Å². The molecule has 0 saturated heterocycles. The van der Waals surface area contributed by atoms with E-state index in [1.165, 1.54) is 41.0 Å². The first kappa shape index (κ1) is 24.4. The average Bonchev–Trinajstić information content (AvgIpc) is 2.87. The summed E-state index contributed by atoms with van der Waals surface area (Å²) in [6.07, 6.45) is 5.41. The van der Waals surface area contributed by atoms with Crippen LogP contribution in [-0.4, -0.2) is 22.2 Å². The predicted molar refractivity (Wildman–Crippen MR) is 123 cm³/mol. The maximum Gasteiger partial charge on any atom is 0.328 e. The molecule has 7 heteroatoms. The zero-order valence-corrected chi connectivity index (χ0v) is 19.3. The molecule has 0 amide bonds. The lowest BCUT2D eigenvalue weighted by atomic mass is 9.71. The van der Waals surface area contributed by atoms with Crippen LogP contribution in [0.15, 0.2) is 64.4 Å². The highest BCUT2D eigenvalue weighted by atomic mass is 35.5. The number of rotatable bonds is 3. The molecule has 2 aromatic carbocycles. The van der Waals surface area contributed by atoms with Crippen LogP contribution in [0.25, 0.3) is 0 Å². The van der Waals surface area contributed by atoms with E-state index in [4.69, 9.17) is 16.7 Å². The summed E-state index contributed by atoms with van der Waals surface area (Å²) in [5.74, 6) is -1.33. The first-order valence-corrected chi connectivity index (χ1v) is 11.8. The topological polar surface area (TPSA) is 97.7 Å². The average molecular weight is 474 g/mol. The van der Waals surface area contributed by atoms with Crippen molar-refractivity contribution in [1.29, 1.82) is 0 Å². The maximum atomic E-state index is 11.3. The fourth-order valence-corrected chi connectivity index (χ4v) is 5.79. The highest BCUT2D eigenvalue weighted by molar-refractivity contribution is 7.99. The second-order valence-electron chi connectivity index (χ2n) is 8.30. The second kappa shape index (κ2) is 11.0. The number of halogens is 1. The van der Waals surface area contributed by atoms with E-state index in [0.717, 1.165) is 16.5 Å². The summed E-state index contributed by atoms with van der Waals surface area (Å²) in [7, 11) is 0. The van der Waals surface area contributed by atoms with Crippen molar-refractivity contribution in [3.63, 3.8) is 0 Å². The lowest BCUT2D eigenvalue weighted by Gasteiger charge is -2.35. The molecule has 1 heterocycles. The minimum absolute atomic E-state index is 0.141. The van der Waals surface area contributed by atoms with Crippen molar-refractivity contribution in [2.75, 3.05) is 0 Å². The Morgan fingerprint density at radius 2 is 1.69 bits per heavy atom. The number of aliphatic hydroxyl groups is 1. The number of fused-ring (bicyclic) bond motifs is 2. The van der Waals surface area contributed by atoms with Gasteiger partial charge in [0.05, 0.1) is 12.1 Å². The Balaban J connectivity index is 0.000000312. The molecular weight excluding hydrogens is 448 g/mol. The van der Waals surface area contributed by atoms with Gasteiger partial charge in [0.1, 0.15) is 0 Å². The van der Waals surface area contributed by atoms with E-state index in [2.05, 4.69) is 37.3 Å². The summed E-state index contributed by atoms with van der Waals surface area (Å²) in [5.41, 5.74) is 2.30.